The summed E-state index contributed by atoms with van der Waals surface area (Å²) in [5.74, 6) is -0.868. The molecule has 9 heteroatoms. The molecule has 0 spiro atoms. The molecule has 4 rings (SSSR count). The van der Waals surface area contributed by atoms with Crippen molar-refractivity contribution in [1.29, 1.82) is 0 Å². The van der Waals surface area contributed by atoms with Crippen LogP contribution in [0.4, 0.5) is 0 Å². The Morgan fingerprint density at radius 3 is 2.64 bits per heavy atom. The number of rotatable bonds is 6. The van der Waals surface area contributed by atoms with Crippen molar-refractivity contribution in [2.75, 3.05) is 6.61 Å². The topological polar surface area (TPSA) is 147 Å². The van der Waals surface area contributed by atoms with Crippen LogP contribution >= 0.6 is 0 Å². The summed E-state index contributed by atoms with van der Waals surface area (Å²) >= 11 is 0. The van der Waals surface area contributed by atoms with E-state index in [4.69, 9.17) is 13.9 Å². The lowest BCUT2D eigenvalue weighted by Crippen LogP contribution is -2.52. The van der Waals surface area contributed by atoms with E-state index >= 15 is 0 Å². The van der Waals surface area contributed by atoms with Crippen LogP contribution in [0, 0.1) is 0 Å². The average Bonchev–Trinajstić information content (AvgIpc) is 2.84. The number of aromatic hydroxyl groups is 2. The highest BCUT2D eigenvalue weighted by Crippen LogP contribution is 2.50. The van der Waals surface area contributed by atoms with E-state index < -0.39 is 35.5 Å². The fraction of sp³-hybridized carbons (Fsp3) is 0.333. The number of benzene rings is 2. The molecule has 4 N–H and O–H groups in total. The Balaban J connectivity index is 2.04. The van der Waals surface area contributed by atoms with Gasteiger partial charge in [0.2, 0.25) is 0 Å². The van der Waals surface area contributed by atoms with Gasteiger partial charge in [-0.3, -0.25) is 4.79 Å². The highest BCUT2D eigenvalue weighted by molar-refractivity contribution is 6.01. The van der Waals surface area contributed by atoms with Crippen molar-refractivity contribution >= 4 is 16.9 Å². The maximum atomic E-state index is 13.0. The second-order valence-electron chi connectivity index (χ2n) is 8.98. The van der Waals surface area contributed by atoms with Gasteiger partial charge in [0, 0.05) is 36.7 Å². The van der Waals surface area contributed by atoms with Gasteiger partial charge in [0.05, 0.1) is 5.56 Å². The van der Waals surface area contributed by atoms with E-state index in [1.165, 1.54) is 12.1 Å². The minimum absolute atomic E-state index is 0.0106. The molecular formula is C27H28O9. The summed E-state index contributed by atoms with van der Waals surface area (Å²) in [4.78, 5) is 25.6. The summed E-state index contributed by atoms with van der Waals surface area (Å²) in [6, 6.07) is 7.29. The number of phenols is 2. The van der Waals surface area contributed by atoms with Crippen LogP contribution in [0.2, 0.25) is 0 Å². The molecule has 9 nitrogen and oxygen atoms in total. The van der Waals surface area contributed by atoms with Gasteiger partial charge >= 0.3 is 5.97 Å². The maximum Gasteiger partial charge on any atom is 0.333 e. The van der Waals surface area contributed by atoms with Crippen molar-refractivity contribution < 1.29 is 39.1 Å². The molecule has 0 saturated carbocycles. The highest BCUT2D eigenvalue weighted by atomic mass is 16.6. The summed E-state index contributed by atoms with van der Waals surface area (Å²) in [6.45, 7) is 4.18. The summed E-state index contributed by atoms with van der Waals surface area (Å²) in [5, 5.41) is 40.6. The molecule has 0 saturated heterocycles. The van der Waals surface area contributed by atoms with E-state index in [1.54, 1.807) is 39.0 Å². The van der Waals surface area contributed by atoms with Gasteiger partial charge in [-0.15, -0.1) is 0 Å². The number of carbonyl (C=O) groups is 1. The molecule has 190 valence electrons. The van der Waals surface area contributed by atoms with Gasteiger partial charge in [0.25, 0.3) is 0 Å². The minimum Gasteiger partial charge on any atom is -0.508 e. The van der Waals surface area contributed by atoms with Gasteiger partial charge in [0.15, 0.2) is 11.0 Å². The number of phenolic OH excluding ortho intramolecular Hbond substituents is 2. The fourth-order valence-electron chi connectivity index (χ4n) is 4.40. The lowest BCUT2D eigenvalue weighted by molar-refractivity contribution is -0.159. The van der Waals surface area contributed by atoms with Gasteiger partial charge in [-0.1, -0.05) is 18.2 Å². The third-order valence-corrected chi connectivity index (χ3v) is 6.56. The van der Waals surface area contributed by atoms with E-state index in [2.05, 4.69) is 0 Å². The third kappa shape index (κ3) is 4.31. The van der Waals surface area contributed by atoms with E-state index in [0.29, 0.717) is 11.1 Å². The van der Waals surface area contributed by atoms with Gasteiger partial charge in [-0.25, -0.2) is 4.79 Å². The summed E-state index contributed by atoms with van der Waals surface area (Å²) < 4.78 is 17.9. The summed E-state index contributed by atoms with van der Waals surface area (Å²) in [7, 11) is 0. The van der Waals surface area contributed by atoms with Crippen molar-refractivity contribution in [2.24, 2.45) is 0 Å². The zero-order chi connectivity index (χ0) is 26.2. The fourth-order valence-corrected chi connectivity index (χ4v) is 4.40. The molecule has 1 aliphatic heterocycles. The molecular weight excluding hydrogens is 468 g/mol. The first kappa shape index (κ1) is 25.3. The average molecular weight is 497 g/mol. The van der Waals surface area contributed by atoms with Crippen LogP contribution < -0.4 is 10.2 Å². The Bertz CT molecular complexity index is 1420. The molecule has 36 heavy (non-hydrogen) atoms. The number of hydrogen-bond donors (Lipinski definition) is 4. The number of fused-ring (bicyclic) bond motifs is 2. The molecule has 0 bridgehead atoms. The Morgan fingerprint density at radius 2 is 2.00 bits per heavy atom. The Kier molecular flexibility index (Phi) is 6.79. The normalized spacial score (nSPS) is 19.6. The molecule has 3 aromatic rings. The lowest BCUT2D eigenvalue weighted by atomic mass is 9.84. The second-order valence-corrected chi connectivity index (χ2v) is 8.98. The van der Waals surface area contributed by atoms with Gasteiger partial charge in [-0.2, -0.15) is 0 Å². The highest BCUT2D eigenvalue weighted by Gasteiger charge is 2.46. The predicted molar refractivity (Wildman–Crippen MR) is 131 cm³/mol. The number of aliphatic hydroxyl groups excluding tert-OH is 2. The minimum atomic E-state index is -1.20. The summed E-state index contributed by atoms with van der Waals surface area (Å²) in [5.41, 5.74) is -0.500. The van der Waals surface area contributed by atoms with Gasteiger partial charge in [-0.05, 0) is 38.5 Å². The molecule has 2 aromatic carbocycles. The number of allylic oxidation sites excluding steroid dienone is 1. The van der Waals surface area contributed by atoms with Crippen molar-refractivity contribution in [3.63, 3.8) is 0 Å². The SMILES string of the molecule is C/C=C(/C)C(=O)O[C@@H]1Cc2c(c(-c3cccc(O)c3)c3oc(CO)cc(=O)c3c2O)O[C@@]1(C)CCO. The zero-order valence-corrected chi connectivity index (χ0v) is 20.2. The molecule has 2 heterocycles. The van der Waals surface area contributed by atoms with Crippen LogP contribution in [0.25, 0.3) is 22.1 Å². The van der Waals surface area contributed by atoms with Crippen molar-refractivity contribution in [3.8, 4) is 28.4 Å². The molecule has 2 atom stereocenters. The smallest absolute Gasteiger partial charge is 0.333 e. The zero-order valence-electron chi connectivity index (χ0n) is 20.2. The van der Waals surface area contributed by atoms with Gasteiger partial charge < -0.3 is 34.3 Å². The first-order valence-corrected chi connectivity index (χ1v) is 11.5. The van der Waals surface area contributed by atoms with Crippen molar-refractivity contribution in [1.82, 2.24) is 0 Å². The standard InChI is InChI=1S/C27H28O9/c1-4-14(2)26(33)35-20-12-18-23(32)22-19(31)11-17(13-29)34-25(22)21(15-6-5-7-16(30)10-15)24(18)36-27(20,3)8-9-28/h4-7,10-11,20,28-30,32H,8-9,12-13H2,1-3H3/b14-4-/t20-,27+/m1/s1. The molecule has 0 fully saturated rings. The Morgan fingerprint density at radius 1 is 1.25 bits per heavy atom. The number of carbonyl (C=O) groups excluding carboxylic acids is 1. The lowest BCUT2D eigenvalue weighted by Gasteiger charge is -2.42. The van der Waals surface area contributed by atoms with Crippen LogP contribution in [0.1, 0.15) is 38.5 Å². The van der Waals surface area contributed by atoms with E-state index in [-0.39, 0.29) is 58.8 Å². The van der Waals surface area contributed by atoms with Gasteiger partial charge in [0.1, 0.15) is 46.7 Å². The quantitative estimate of drug-likeness (QED) is 0.298. The molecule has 1 aliphatic rings. The van der Waals surface area contributed by atoms with Crippen LogP contribution in [-0.4, -0.2) is 44.7 Å². The van der Waals surface area contributed by atoms with E-state index in [9.17, 15) is 30.0 Å². The van der Waals surface area contributed by atoms with Crippen molar-refractivity contribution in [3.05, 3.63) is 63.5 Å². The van der Waals surface area contributed by atoms with E-state index in [0.717, 1.165) is 6.07 Å². The van der Waals surface area contributed by atoms with Crippen LogP contribution in [-0.2, 0) is 22.6 Å². The molecule has 0 aliphatic carbocycles. The number of aliphatic hydroxyl groups is 2. The Labute approximate surface area is 206 Å². The predicted octanol–water partition coefficient (Wildman–Crippen LogP) is 3.32. The molecule has 0 radical (unpaired) electrons. The van der Waals surface area contributed by atoms with Crippen LogP contribution in [0.3, 0.4) is 0 Å². The number of hydrogen-bond acceptors (Lipinski definition) is 9. The second kappa shape index (κ2) is 9.67. The van der Waals surface area contributed by atoms with Crippen molar-refractivity contribution in [2.45, 2.75) is 51.9 Å². The molecule has 1 aromatic heterocycles. The number of ether oxygens (including phenoxy) is 2. The van der Waals surface area contributed by atoms with E-state index in [1.807, 2.05) is 0 Å². The molecule has 0 unspecified atom stereocenters. The molecule has 0 amide bonds. The Hall–Kier alpha value is -3.82. The first-order chi connectivity index (χ1) is 17.1. The number of esters is 1. The first-order valence-electron chi connectivity index (χ1n) is 11.5. The van der Waals surface area contributed by atoms with Crippen LogP contribution in [0.5, 0.6) is 17.2 Å². The largest absolute Gasteiger partial charge is 0.508 e. The van der Waals surface area contributed by atoms with Crippen LogP contribution in [0.15, 0.2) is 51.2 Å². The third-order valence-electron chi connectivity index (χ3n) is 6.56. The monoisotopic (exact) mass is 496 g/mol. The summed E-state index contributed by atoms with van der Waals surface area (Å²) in [6.07, 6.45) is 0.795. The maximum absolute atomic E-state index is 13.0.